The summed E-state index contributed by atoms with van der Waals surface area (Å²) in [5.74, 6) is -0.275. The Kier molecular flexibility index (Phi) is 1.83. The molecule has 1 aliphatic carbocycles. The van der Waals surface area contributed by atoms with Gasteiger partial charge in [-0.1, -0.05) is 0 Å². The molecule has 2 rings (SSSR count). The molecule has 0 spiro atoms. The molecule has 0 aromatic carbocycles. The molecular formula is C9H12N2O2. The summed E-state index contributed by atoms with van der Waals surface area (Å²) in [7, 11) is 0. The number of carboxylic acids is 1. The lowest BCUT2D eigenvalue weighted by Crippen LogP contribution is -2.15. The van der Waals surface area contributed by atoms with Crippen LogP contribution in [0.1, 0.15) is 36.3 Å². The van der Waals surface area contributed by atoms with E-state index in [0.717, 1.165) is 0 Å². The third-order valence-corrected chi connectivity index (χ3v) is 2.58. The lowest BCUT2D eigenvalue weighted by Gasteiger charge is -2.12. The summed E-state index contributed by atoms with van der Waals surface area (Å²) >= 11 is 0. The summed E-state index contributed by atoms with van der Waals surface area (Å²) < 4.78 is 1.61. The summed E-state index contributed by atoms with van der Waals surface area (Å²) in [6, 6.07) is 1.77. The highest BCUT2D eigenvalue weighted by Gasteiger charge is 2.31. The summed E-state index contributed by atoms with van der Waals surface area (Å²) in [6.45, 7) is 2.02. The van der Waals surface area contributed by atoms with Crippen molar-refractivity contribution in [3.8, 4) is 0 Å². The Morgan fingerprint density at radius 3 is 3.00 bits per heavy atom. The fraction of sp³-hybridized carbons (Fsp3) is 0.556. The molecule has 1 aromatic rings. The van der Waals surface area contributed by atoms with Gasteiger partial charge in [0.15, 0.2) is 0 Å². The number of aromatic carboxylic acids is 1. The molecule has 0 amide bonds. The van der Waals surface area contributed by atoms with Gasteiger partial charge in [-0.15, -0.1) is 0 Å². The summed E-state index contributed by atoms with van der Waals surface area (Å²) in [5.41, 5.74) is 0.291. The zero-order valence-corrected chi connectivity index (χ0v) is 7.47. The SMILES string of the molecule is CC(C1CC1)n1nccc1C(=O)O. The molecule has 1 aromatic heterocycles. The number of carboxylic acid groups (broad SMARTS) is 1. The normalized spacial score (nSPS) is 18.5. The van der Waals surface area contributed by atoms with Crippen molar-refractivity contribution in [1.29, 1.82) is 0 Å². The van der Waals surface area contributed by atoms with Crippen molar-refractivity contribution < 1.29 is 9.90 Å². The molecular weight excluding hydrogens is 168 g/mol. The lowest BCUT2D eigenvalue weighted by atomic mass is 10.2. The summed E-state index contributed by atoms with van der Waals surface area (Å²) in [6.07, 6.45) is 3.93. The Bertz CT molecular complexity index is 328. The van der Waals surface area contributed by atoms with Crippen LogP contribution in [0, 0.1) is 5.92 Å². The highest BCUT2D eigenvalue weighted by molar-refractivity contribution is 5.85. The van der Waals surface area contributed by atoms with E-state index in [9.17, 15) is 4.79 Å². The van der Waals surface area contributed by atoms with Crippen molar-refractivity contribution >= 4 is 5.97 Å². The van der Waals surface area contributed by atoms with Crippen LogP contribution in [0.25, 0.3) is 0 Å². The van der Waals surface area contributed by atoms with Gasteiger partial charge in [-0.2, -0.15) is 5.10 Å². The van der Waals surface area contributed by atoms with Gasteiger partial charge in [0.2, 0.25) is 0 Å². The first kappa shape index (κ1) is 8.29. The van der Waals surface area contributed by atoms with Gasteiger partial charge in [-0.3, -0.25) is 4.68 Å². The fourth-order valence-electron chi connectivity index (χ4n) is 1.59. The first-order chi connectivity index (χ1) is 6.20. The van der Waals surface area contributed by atoms with E-state index < -0.39 is 5.97 Å². The monoisotopic (exact) mass is 180 g/mol. The predicted octanol–water partition coefficient (Wildman–Crippen LogP) is 1.55. The summed E-state index contributed by atoms with van der Waals surface area (Å²) in [5, 5.41) is 12.9. The largest absolute Gasteiger partial charge is 0.477 e. The van der Waals surface area contributed by atoms with Crippen molar-refractivity contribution in [3.05, 3.63) is 18.0 Å². The Labute approximate surface area is 76.2 Å². The highest BCUT2D eigenvalue weighted by atomic mass is 16.4. The predicted molar refractivity (Wildman–Crippen MR) is 46.6 cm³/mol. The van der Waals surface area contributed by atoms with Crippen LogP contribution >= 0.6 is 0 Å². The van der Waals surface area contributed by atoms with Gasteiger partial charge in [0.05, 0.1) is 6.04 Å². The molecule has 1 unspecified atom stereocenters. The maximum atomic E-state index is 10.8. The van der Waals surface area contributed by atoms with Gasteiger partial charge in [0.25, 0.3) is 0 Å². The van der Waals surface area contributed by atoms with E-state index in [4.69, 9.17) is 5.11 Å². The molecule has 1 aliphatic rings. The van der Waals surface area contributed by atoms with Crippen molar-refractivity contribution in [2.75, 3.05) is 0 Å². The zero-order valence-electron chi connectivity index (χ0n) is 7.47. The smallest absolute Gasteiger partial charge is 0.354 e. The average Bonchev–Trinajstić information content (AvgIpc) is 2.80. The minimum atomic E-state index is -0.898. The molecule has 4 nitrogen and oxygen atoms in total. The van der Waals surface area contributed by atoms with Gasteiger partial charge < -0.3 is 5.11 Å². The Hall–Kier alpha value is -1.32. The van der Waals surface area contributed by atoms with Crippen LogP contribution in [0.4, 0.5) is 0 Å². The lowest BCUT2D eigenvalue weighted by molar-refractivity contribution is 0.0680. The number of carbonyl (C=O) groups is 1. The zero-order chi connectivity index (χ0) is 9.42. The maximum absolute atomic E-state index is 10.8. The number of nitrogens with zero attached hydrogens (tertiary/aromatic N) is 2. The molecule has 0 radical (unpaired) electrons. The van der Waals surface area contributed by atoms with E-state index >= 15 is 0 Å². The fourth-order valence-corrected chi connectivity index (χ4v) is 1.59. The van der Waals surface area contributed by atoms with E-state index in [-0.39, 0.29) is 6.04 Å². The van der Waals surface area contributed by atoms with Gasteiger partial charge >= 0.3 is 5.97 Å². The molecule has 1 atom stereocenters. The highest BCUT2D eigenvalue weighted by Crippen LogP contribution is 2.39. The first-order valence-electron chi connectivity index (χ1n) is 4.47. The van der Waals surface area contributed by atoms with E-state index in [0.29, 0.717) is 11.6 Å². The topological polar surface area (TPSA) is 55.1 Å². The molecule has 1 N–H and O–H groups in total. The number of rotatable bonds is 3. The van der Waals surface area contributed by atoms with Gasteiger partial charge in [0, 0.05) is 6.20 Å². The van der Waals surface area contributed by atoms with Crippen molar-refractivity contribution in [3.63, 3.8) is 0 Å². The van der Waals surface area contributed by atoms with Crippen LogP contribution in [-0.4, -0.2) is 20.9 Å². The molecule has 0 saturated heterocycles. The standard InChI is InChI=1S/C9H12N2O2/c1-6(7-2-3-7)11-8(9(12)13)4-5-10-11/h4-7H,2-3H2,1H3,(H,12,13). The van der Waals surface area contributed by atoms with Gasteiger partial charge in [-0.05, 0) is 31.7 Å². The van der Waals surface area contributed by atoms with E-state index in [1.54, 1.807) is 16.9 Å². The molecule has 4 heteroatoms. The van der Waals surface area contributed by atoms with Crippen molar-refractivity contribution in [1.82, 2.24) is 9.78 Å². The quantitative estimate of drug-likeness (QED) is 0.767. The molecule has 0 aliphatic heterocycles. The molecule has 1 saturated carbocycles. The minimum absolute atomic E-state index is 0.223. The molecule has 13 heavy (non-hydrogen) atoms. The number of hydrogen-bond donors (Lipinski definition) is 1. The Morgan fingerprint density at radius 2 is 2.46 bits per heavy atom. The minimum Gasteiger partial charge on any atom is -0.477 e. The van der Waals surface area contributed by atoms with Crippen LogP contribution in [0.3, 0.4) is 0 Å². The third-order valence-electron chi connectivity index (χ3n) is 2.58. The second kappa shape index (κ2) is 2.87. The summed E-state index contributed by atoms with van der Waals surface area (Å²) in [4.78, 5) is 10.8. The number of hydrogen-bond acceptors (Lipinski definition) is 2. The Balaban J connectivity index is 2.27. The van der Waals surface area contributed by atoms with Crippen LogP contribution < -0.4 is 0 Å². The molecule has 1 fully saturated rings. The van der Waals surface area contributed by atoms with Gasteiger partial charge in [-0.25, -0.2) is 4.79 Å². The van der Waals surface area contributed by atoms with E-state index in [2.05, 4.69) is 5.10 Å². The van der Waals surface area contributed by atoms with E-state index in [1.807, 2.05) is 6.92 Å². The van der Waals surface area contributed by atoms with Crippen LogP contribution in [0.5, 0.6) is 0 Å². The second-order valence-electron chi connectivity index (χ2n) is 3.54. The third kappa shape index (κ3) is 1.43. The Morgan fingerprint density at radius 1 is 1.77 bits per heavy atom. The van der Waals surface area contributed by atoms with Crippen LogP contribution in [0.15, 0.2) is 12.3 Å². The van der Waals surface area contributed by atoms with Gasteiger partial charge in [0.1, 0.15) is 5.69 Å². The second-order valence-corrected chi connectivity index (χ2v) is 3.54. The number of aromatic nitrogens is 2. The molecule has 0 bridgehead atoms. The van der Waals surface area contributed by atoms with Crippen LogP contribution in [0.2, 0.25) is 0 Å². The van der Waals surface area contributed by atoms with Crippen molar-refractivity contribution in [2.45, 2.75) is 25.8 Å². The first-order valence-corrected chi connectivity index (χ1v) is 4.47. The molecule has 70 valence electrons. The van der Waals surface area contributed by atoms with Crippen molar-refractivity contribution in [2.24, 2.45) is 5.92 Å². The van der Waals surface area contributed by atoms with Crippen LogP contribution in [-0.2, 0) is 0 Å². The maximum Gasteiger partial charge on any atom is 0.354 e. The average molecular weight is 180 g/mol. The molecule has 1 heterocycles. The van der Waals surface area contributed by atoms with E-state index in [1.165, 1.54) is 12.8 Å².